The lowest BCUT2D eigenvalue weighted by Crippen LogP contribution is -2.25. The zero-order chi connectivity index (χ0) is 18.9. The number of hydrogen-bond acceptors (Lipinski definition) is 2. The topological polar surface area (TPSA) is 26.9 Å². The Balaban J connectivity index is 1.87. The van der Waals surface area contributed by atoms with Gasteiger partial charge in [-0.05, 0) is 12.1 Å². The lowest BCUT2D eigenvalue weighted by molar-refractivity contribution is 0.688. The minimum absolute atomic E-state index is 0.0245. The summed E-state index contributed by atoms with van der Waals surface area (Å²) in [7, 11) is 0. The maximum absolute atomic E-state index is 13.6. The van der Waals surface area contributed by atoms with Gasteiger partial charge in [0.2, 0.25) is 0 Å². The highest BCUT2D eigenvalue weighted by Crippen LogP contribution is 2.37. The Kier molecular flexibility index (Phi) is 4.41. The summed E-state index contributed by atoms with van der Waals surface area (Å²) in [5.74, 6) is 1.12. The van der Waals surface area contributed by atoms with Crippen LogP contribution in [0.5, 0.6) is 0 Å². The van der Waals surface area contributed by atoms with Gasteiger partial charge in [0.1, 0.15) is 0 Å². The van der Waals surface area contributed by atoms with Crippen LogP contribution in [0.2, 0.25) is 0 Å². The zero-order valence-corrected chi connectivity index (χ0v) is 16.2. The molecule has 0 aliphatic carbocycles. The van der Waals surface area contributed by atoms with E-state index in [0.717, 1.165) is 40.5 Å². The minimum atomic E-state index is 0.0245. The Morgan fingerprint density at radius 3 is 1.79 bits per heavy atom. The molecule has 0 spiro atoms. The molecule has 2 heterocycles. The van der Waals surface area contributed by atoms with E-state index in [-0.39, 0.29) is 5.69 Å². The predicted octanol–water partition coefficient (Wildman–Crippen LogP) is 5.09. The van der Waals surface area contributed by atoms with E-state index in [1.54, 1.807) is 0 Å². The number of nitrogens with zero attached hydrogens (tertiary/aromatic N) is 2. The number of rotatable bonds is 5. The maximum Gasteiger partial charge on any atom is 0.333 e. The van der Waals surface area contributed by atoms with Crippen LogP contribution in [0, 0.1) is 0 Å². The summed E-state index contributed by atoms with van der Waals surface area (Å²) < 4.78 is 3.83. The molecule has 1 saturated heterocycles. The molecule has 28 heavy (non-hydrogen) atoms. The molecule has 0 radical (unpaired) electrons. The van der Waals surface area contributed by atoms with E-state index in [4.69, 9.17) is 0 Å². The SMILES string of the molecule is O=c1n(C[C@H]2CS2)c(-c2ccccc2)c(-c2ccccc2)n1-c1ccccc1. The second-order valence-corrected chi connectivity index (χ2v) is 8.28. The highest BCUT2D eigenvalue weighted by molar-refractivity contribution is 8.06. The normalized spacial score (nSPS) is 15.5. The van der Waals surface area contributed by atoms with E-state index in [0.29, 0.717) is 5.25 Å². The monoisotopic (exact) mass is 384 g/mol. The van der Waals surface area contributed by atoms with Gasteiger partial charge in [0.25, 0.3) is 0 Å². The molecule has 4 aromatic rings. The van der Waals surface area contributed by atoms with Gasteiger partial charge in [-0.1, -0.05) is 78.9 Å². The van der Waals surface area contributed by atoms with E-state index in [2.05, 4.69) is 24.3 Å². The van der Waals surface area contributed by atoms with Crippen LogP contribution in [0.4, 0.5) is 0 Å². The summed E-state index contributed by atoms with van der Waals surface area (Å²) in [4.78, 5) is 13.6. The third kappa shape index (κ3) is 3.10. The van der Waals surface area contributed by atoms with Crippen molar-refractivity contribution >= 4 is 11.8 Å². The number of para-hydroxylation sites is 1. The molecule has 3 nitrogen and oxygen atoms in total. The highest BCUT2D eigenvalue weighted by Gasteiger charge is 2.29. The molecule has 0 N–H and O–H groups in total. The third-order valence-electron chi connectivity index (χ3n) is 5.04. The van der Waals surface area contributed by atoms with Crippen molar-refractivity contribution in [2.75, 3.05) is 5.75 Å². The van der Waals surface area contributed by atoms with Gasteiger partial charge in [0, 0.05) is 28.7 Å². The standard InChI is InChI=1S/C24H20N2OS/c27-24-25(16-21-17-28-21)22(18-10-4-1-5-11-18)23(19-12-6-2-7-13-19)26(24)20-14-8-3-9-15-20/h1-15,21H,16-17H2/t21-/m0/s1. The number of hydrogen-bond donors (Lipinski definition) is 0. The number of benzene rings is 3. The molecule has 1 atom stereocenters. The molecule has 0 unspecified atom stereocenters. The summed E-state index contributed by atoms with van der Waals surface area (Å²) in [6.45, 7) is 0.743. The van der Waals surface area contributed by atoms with Crippen LogP contribution < -0.4 is 5.69 Å². The average Bonchev–Trinajstić information content (AvgIpc) is 3.53. The molecule has 1 fully saturated rings. The molecule has 1 aliphatic heterocycles. The maximum atomic E-state index is 13.6. The molecule has 138 valence electrons. The van der Waals surface area contributed by atoms with Gasteiger partial charge in [0.15, 0.2) is 0 Å². The van der Waals surface area contributed by atoms with Crippen LogP contribution in [-0.2, 0) is 6.54 Å². The minimum Gasteiger partial charge on any atom is -0.290 e. The zero-order valence-electron chi connectivity index (χ0n) is 15.4. The summed E-state index contributed by atoms with van der Waals surface area (Å²) in [5, 5.41) is 0.524. The Labute approximate surface area is 168 Å². The van der Waals surface area contributed by atoms with Gasteiger partial charge < -0.3 is 0 Å². The second-order valence-electron chi connectivity index (χ2n) is 6.95. The van der Waals surface area contributed by atoms with Crippen molar-refractivity contribution in [3.63, 3.8) is 0 Å². The number of imidazole rings is 1. The fourth-order valence-corrected chi connectivity index (χ4v) is 4.16. The Morgan fingerprint density at radius 2 is 1.25 bits per heavy atom. The van der Waals surface area contributed by atoms with Crippen molar-refractivity contribution in [1.29, 1.82) is 0 Å². The van der Waals surface area contributed by atoms with Crippen molar-refractivity contribution in [3.05, 3.63) is 101 Å². The molecular weight excluding hydrogens is 364 g/mol. The summed E-state index contributed by atoms with van der Waals surface area (Å²) >= 11 is 1.91. The van der Waals surface area contributed by atoms with E-state index < -0.39 is 0 Å². The van der Waals surface area contributed by atoms with Crippen molar-refractivity contribution in [2.24, 2.45) is 0 Å². The Hall–Kier alpha value is -2.98. The lowest BCUT2D eigenvalue weighted by atomic mass is 10.0. The number of thioether (sulfide) groups is 1. The van der Waals surface area contributed by atoms with Gasteiger partial charge >= 0.3 is 5.69 Å². The Bertz CT molecular complexity index is 1140. The molecule has 0 bridgehead atoms. The van der Waals surface area contributed by atoms with Gasteiger partial charge in [-0.25, -0.2) is 4.79 Å². The third-order valence-corrected chi connectivity index (χ3v) is 5.99. The van der Waals surface area contributed by atoms with Crippen LogP contribution in [0.25, 0.3) is 28.2 Å². The molecule has 0 saturated carbocycles. The first-order valence-corrected chi connectivity index (χ1v) is 10.5. The van der Waals surface area contributed by atoms with Crippen LogP contribution >= 0.6 is 11.8 Å². The highest BCUT2D eigenvalue weighted by atomic mass is 32.2. The van der Waals surface area contributed by atoms with Crippen LogP contribution in [0.15, 0.2) is 95.8 Å². The van der Waals surface area contributed by atoms with E-state index in [1.165, 1.54) is 0 Å². The van der Waals surface area contributed by atoms with Crippen molar-refractivity contribution < 1.29 is 0 Å². The molecule has 0 amide bonds. The molecule has 5 rings (SSSR count). The van der Waals surface area contributed by atoms with E-state index in [9.17, 15) is 4.79 Å². The first kappa shape index (κ1) is 17.1. The smallest absolute Gasteiger partial charge is 0.290 e. The van der Waals surface area contributed by atoms with Crippen molar-refractivity contribution in [3.8, 4) is 28.2 Å². The van der Waals surface area contributed by atoms with Crippen molar-refractivity contribution in [2.45, 2.75) is 11.8 Å². The summed E-state index contributed by atoms with van der Waals surface area (Å²) in [6.07, 6.45) is 0. The van der Waals surface area contributed by atoms with Crippen LogP contribution in [0.1, 0.15) is 0 Å². The quantitative estimate of drug-likeness (QED) is 0.448. The predicted molar refractivity (Wildman–Crippen MR) is 117 cm³/mol. The summed E-state index contributed by atoms with van der Waals surface area (Å²) in [5.41, 5.74) is 4.98. The lowest BCUT2D eigenvalue weighted by Gasteiger charge is -2.11. The molecule has 3 aromatic carbocycles. The van der Waals surface area contributed by atoms with E-state index in [1.807, 2.05) is 87.6 Å². The number of aromatic nitrogens is 2. The van der Waals surface area contributed by atoms with Gasteiger partial charge in [-0.15, -0.1) is 0 Å². The van der Waals surface area contributed by atoms with Gasteiger partial charge in [-0.3, -0.25) is 9.13 Å². The largest absolute Gasteiger partial charge is 0.333 e. The Morgan fingerprint density at radius 1 is 0.750 bits per heavy atom. The van der Waals surface area contributed by atoms with E-state index >= 15 is 0 Å². The second kappa shape index (κ2) is 7.21. The first-order chi connectivity index (χ1) is 13.8. The molecule has 4 heteroatoms. The van der Waals surface area contributed by atoms with Crippen LogP contribution in [0.3, 0.4) is 0 Å². The fourth-order valence-electron chi connectivity index (χ4n) is 3.66. The molecular formula is C24H20N2OS. The van der Waals surface area contributed by atoms with Crippen LogP contribution in [-0.4, -0.2) is 20.1 Å². The summed E-state index contributed by atoms with van der Waals surface area (Å²) in [6, 6.07) is 30.4. The van der Waals surface area contributed by atoms with Gasteiger partial charge in [0.05, 0.1) is 17.1 Å². The first-order valence-electron chi connectivity index (χ1n) is 9.46. The average molecular weight is 385 g/mol. The van der Waals surface area contributed by atoms with Gasteiger partial charge in [-0.2, -0.15) is 11.8 Å². The fraction of sp³-hybridized carbons (Fsp3) is 0.125. The molecule has 1 aromatic heterocycles. The molecule has 1 aliphatic rings. The van der Waals surface area contributed by atoms with Crippen molar-refractivity contribution in [1.82, 2.24) is 9.13 Å².